The summed E-state index contributed by atoms with van der Waals surface area (Å²) in [5.74, 6) is 0.670. The van der Waals surface area contributed by atoms with Crippen LogP contribution in [0.5, 0.6) is 0 Å². The van der Waals surface area contributed by atoms with Crippen LogP contribution in [0.1, 0.15) is 64.5 Å². The van der Waals surface area contributed by atoms with Crippen molar-refractivity contribution in [3.8, 4) is 11.3 Å². The van der Waals surface area contributed by atoms with Crippen LogP contribution in [0, 0.1) is 5.92 Å². The monoisotopic (exact) mass is 370 g/mol. The van der Waals surface area contributed by atoms with Gasteiger partial charge in [-0.1, -0.05) is 64.4 Å². The molecule has 144 valence electrons. The lowest BCUT2D eigenvalue weighted by Gasteiger charge is -2.29. The number of benzene rings is 2. The van der Waals surface area contributed by atoms with E-state index in [0.717, 1.165) is 0 Å². The van der Waals surface area contributed by atoms with E-state index in [-0.39, 0.29) is 11.0 Å². The summed E-state index contributed by atoms with van der Waals surface area (Å²) < 4.78 is 2.66. The molecule has 0 amide bonds. The van der Waals surface area contributed by atoms with E-state index in [1.165, 1.54) is 59.7 Å². The van der Waals surface area contributed by atoms with Crippen LogP contribution in [-0.2, 0) is 17.4 Å². The van der Waals surface area contributed by atoms with Gasteiger partial charge in [0.15, 0.2) is 11.7 Å². The third-order valence-electron chi connectivity index (χ3n) is 8.17. The number of hydrogen-bond donors (Lipinski definition) is 0. The standard InChI is InChI=1S/C27H32N/c1-5-8-11-20-14-15-22-21(18-20)16-17-28-25(22)23-12-9-10-13-24(23)26(6-2)19(4)27(26,28)7-3/h9-10,12-19H,5-8,11H2,1-4H3/q+1. The minimum absolute atomic E-state index is 0.223. The number of unbranched alkanes of at least 4 members (excludes halogenated alkanes) is 1. The normalized spacial score (nSPS) is 27.2. The molecule has 0 saturated heterocycles. The predicted molar refractivity (Wildman–Crippen MR) is 118 cm³/mol. The van der Waals surface area contributed by atoms with E-state index >= 15 is 0 Å². The van der Waals surface area contributed by atoms with Crippen LogP contribution in [0.25, 0.3) is 22.0 Å². The van der Waals surface area contributed by atoms with Gasteiger partial charge in [0.05, 0.1) is 16.4 Å². The van der Waals surface area contributed by atoms with Crippen molar-refractivity contribution >= 4 is 10.8 Å². The van der Waals surface area contributed by atoms with Crippen LogP contribution in [0.15, 0.2) is 54.7 Å². The van der Waals surface area contributed by atoms with E-state index in [0.29, 0.717) is 5.92 Å². The molecule has 2 heterocycles. The molecule has 1 heteroatoms. The summed E-state index contributed by atoms with van der Waals surface area (Å²) in [5.41, 5.74) is 6.44. The van der Waals surface area contributed by atoms with Gasteiger partial charge < -0.3 is 0 Å². The lowest BCUT2D eigenvalue weighted by atomic mass is 9.78. The highest BCUT2D eigenvalue weighted by atomic mass is 15.2. The summed E-state index contributed by atoms with van der Waals surface area (Å²) in [6.45, 7) is 9.52. The Morgan fingerprint density at radius 3 is 2.54 bits per heavy atom. The van der Waals surface area contributed by atoms with Crippen molar-refractivity contribution in [2.75, 3.05) is 0 Å². The van der Waals surface area contributed by atoms with Crippen LogP contribution < -0.4 is 4.57 Å². The third kappa shape index (κ3) is 1.95. The minimum atomic E-state index is 0.223. The van der Waals surface area contributed by atoms with Crippen molar-refractivity contribution in [3.63, 3.8) is 0 Å². The second kappa shape index (κ2) is 6.17. The van der Waals surface area contributed by atoms with Crippen molar-refractivity contribution in [3.05, 3.63) is 65.9 Å². The maximum Gasteiger partial charge on any atom is 0.221 e. The van der Waals surface area contributed by atoms with Crippen LogP contribution in [-0.4, -0.2) is 0 Å². The lowest BCUT2D eigenvalue weighted by molar-refractivity contribution is -0.737. The first kappa shape index (κ1) is 17.9. The van der Waals surface area contributed by atoms with Gasteiger partial charge >= 0.3 is 0 Å². The first-order valence-electron chi connectivity index (χ1n) is 11.2. The summed E-state index contributed by atoms with van der Waals surface area (Å²) >= 11 is 0. The largest absolute Gasteiger partial charge is 0.221 e. The number of hydrogen-bond acceptors (Lipinski definition) is 0. The van der Waals surface area contributed by atoms with Crippen molar-refractivity contribution in [1.82, 2.24) is 0 Å². The van der Waals surface area contributed by atoms with Crippen molar-refractivity contribution in [1.29, 1.82) is 0 Å². The number of nitrogens with zero attached hydrogens (tertiary/aromatic N) is 1. The molecule has 2 aliphatic rings. The molecule has 1 saturated carbocycles. The fraction of sp³-hybridized carbons (Fsp3) is 0.444. The molecule has 28 heavy (non-hydrogen) atoms. The zero-order valence-electron chi connectivity index (χ0n) is 17.8. The number of rotatable bonds is 5. The predicted octanol–water partition coefficient (Wildman–Crippen LogP) is 6.55. The third-order valence-corrected chi connectivity index (χ3v) is 8.17. The van der Waals surface area contributed by atoms with E-state index in [1.807, 2.05) is 0 Å². The highest BCUT2D eigenvalue weighted by Gasteiger charge is 2.82. The maximum absolute atomic E-state index is 2.66. The van der Waals surface area contributed by atoms with Crippen LogP contribution in [0.4, 0.5) is 0 Å². The van der Waals surface area contributed by atoms with Gasteiger partial charge in [-0.3, -0.25) is 0 Å². The second-order valence-electron chi connectivity index (χ2n) is 8.93. The Labute approximate surface area is 169 Å². The summed E-state index contributed by atoms with van der Waals surface area (Å²) in [4.78, 5) is 0. The molecule has 3 atom stereocenters. The first-order valence-corrected chi connectivity index (χ1v) is 11.2. The topological polar surface area (TPSA) is 3.88 Å². The highest BCUT2D eigenvalue weighted by Crippen LogP contribution is 2.71. The van der Waals surface area contributed by atoms with Gasteiger partial charge in [-0.15, -0.1) is 0 Å². The molecule has 1 aliphatic carbocycles. The highest BCUT2D eigenvalue weighted by molar-refractivity contribution is 5.95. The van der Waals surface area contributed by atoms with Crippen LogP contribution in [0.3, 0.4) is 0 Å². The van der Waals surface area contributed by atoms with Gasteiger partial charge in [-0.05, 0) is 47.9 Å². The Bertz CT molecular complexity index is 1070. The van der Waals surface area contributed by atoms with E-state index in [9.17, 15) is 0 Å². The molecule has 5 rings (SSSR count). The zero-order chi connectivity index (χ0) is 19.5. The average molecular weight is 371 g/mol. The molecule has 3 unspecified atom stereocenters. The summed E-state index contributed by atoms with van der Waals surface area (Å²) in [7, 11) is 0. The van der Waals surface area contributed by atoms with E-state index in [1.54, 1.807) is 5.56 Å². The van der Waals surface area contributed by atoms with Crippen molar-refractivity contribution in [2.24, 2.45) is 5.92 Å². The van der Waals surface area contributed by atoms with Gasteiger partial charge in [-0.25, -0.2) is 0 Å². The number of pyridine rings is 1. The Hall–Kier alpha value is -2.15. The minimum Gasteiger partial charge on any atom is -0.191 e. The number of fused-ring (bicyclic) bond motifs is 8. The molecule has 1 nitrogen and oxygen atoms in total. The van der Waals surface area contributed by atoms with E-state index in [2.05, 4.69) is 87.0 Å². The molecule has 1 aliphatic heterocycles. The SMILES string of the molecule is CCCCc1ccc2c3[n+](ccc2c1)C1(CC)C(C)C1(CC)c1ccccc1-3. The van der Waals surface area contributed by atoms with Crippen molar-refractivity contribution < 1.29 is 4.57 Å². The van der Waals surface area contributed by atoms with Gasteiger partial charge in [0.25, 0.3) is 0 Å². The molecule has 0 N–H and O–H groups in total. The fourth-order valence-corrected chi connectivity index (χ4v) is 6.83. The Kier molecular flexibility index (Phi) is 3.95. The molecular formula is C27H32N+. The molecule has 3 aromatic rings. The molecule has 0 radical (unpaired) electrons. The second-order valence-corrected chi connectivity index (χ2v) is 8.93. The van der Waals surface area contributed by atoms with Gasteiger partial charge in [-0.2, -0.15) is 4.57 Å². The lowest BCUT2D eigenvalue weighted by Crippen LogP contribution is -2.55. The number of aryl methyl sites for hydroxylation is 1. The van der Waals surface area contributed by atoms with Gasteiger partial charge in [0, 0.05) is 18.4 Å². The smallest absolute Gasteiger partial charge is 0.191 e. The molecule has 2 aromatic carbocycles. The summed E-state index contributed by atoms with van der Waals surface area (Å²) in [5, 5.41) is 2.80. The zero-order valence-corrected chi connectivity index (χ0v) is 17.8. The molecule has 0 spiro atoms. The van der Waals surface area contributed by atoms with Crippen molar-refractivity contribution in [2.45, 2.75) is 70.8 Å². The Balaban J connectivity index is 1.80. The summed E-state index contributed by atoms with van der Waals surface area (Å²) in [6, 6.07) is 18.8. The average Bonchev–Trinajstić information content (AvgIpc) is 3.31. The Morgan fingerprint density at radius 2 is 1.79 bits per heavy atom. The molecule has 0 bridgehead atoms. The van der Waals surface area contributed by atoms with Crippen LogP contribution in [0.2, 0.25) is 0 Å². The quantitative estimate of drug-likeness (QED) is 0.448. The molecular weight excluding hydrogens is 338 g/mol. The molecule has 1 aromatic heterocycles. The Morgan fingerprint density at radius 1 is 0.964 bits per heavy atom. The van der Waals surface area contributed by atoms with E-state index in [4.69, 9.17) is 0 Å². The summed E-state index contributed by atoms with van der Waals surface area (Å²) in [6.07, 6.45) is 8.50. The van der Waals surface area contributed by atoms with E-state index < -0.39 is 0 Å². The van der Waals surface area contributed by atoms with Crippen LogP contribution >= 0.6 is 0 Å². The number of aromatic nitrogens is 1. The fourth-order valence-electron chi connectivity index (χ4n) is 6.83. The van der Waals surface area contributed by atoms with Gasteiger partial charge in [0.1, 0.15) is 0 Å². The first-order chi connectivity index (χ1) is 13.7. The van der Waals surface area contributed by atoms with Gasteiger partial charge in [0.2, 0.25) is 5.69 Å². The maximum atomic E-state index is 2.66. The molecule has 1 fully saturated rings.